The molecule has 3 aliphatic heterocycles. The van der Waals surface area contributed by atoms with Gasteiger partial charge < -0.3 is 14.4 Å². The van der Waals surface area contributed by atoms with Gasteiger partial charge in [0.05, 0.1) is 17.9 Å². The summed E-state index contributed by atoms with van der Waals surface area (Å²) in [5.74, 6) is 1.19. The van der Waals surface area contributed by atoms with Crippen LogP contribution in [0.15, 0.2) is 91.3 Å². The van der Waals surface area contributed by atoms with Crippen molar-refractivity contribution in [2.75, 3.05) is 49.1 Å². The number of aromatic nitrogens is 5. The standard InChI is InChI=1S/C42H44FN9O2/c43-32-8-3-7-30(27-32)34-10-5-20-51(34)40-16-15-38-44-28-37(52(38)47-40)33-9-4-11-39(45-33)49-24-22-48(23-25-49)19-2-1-6-29-12-13-35-31(26-29)18-21-50(35)36-14-17-41(53)46-42(36)54/h3-4,7-9,11-13,15-16,18,21,26-28,34,36H,1-2,5-6,10,14,17,19-20,22-25H2,(H,46,53,54)/t34-,36?/m1/s1. The molecule has 0 spiro atoms. The third-order valence-electron chi connectivity index (χ3n) is 11.3. The first-order valence-electron chi connectivity index (χ1n) is 19.2. The minimum atomic E-state index is -0.335. The number of piperazine rings is 1. The van der Waals surface area contributed by atoms with Gasteiger partial charge in [0, 0.05) is 50.9 Å². The highest BCUT2D eigenvalue weighted by atomic mass is 19.1. The zero-order chi connectivity index (χ0) is 36.6. The van der Waals surface area contributed by atoms with Crippen molar-refractivity contribution >= 4 is 40.0 Å². The number of carbonyl (C=O) groups excluding carboxylic acids is 2. The van der Waals surface area contributed by atoms with Crippen LogP contribution in [0, 0.1) is 5.82 Å². The van der Waals surface area contributed by atoms with E-state index < -0.39 is 0 Å². The van der Waals surface area contributed by atoms with Gasteiger partial charge in [-0.05, 0) is 116 Å². The zero-order valence-electron chi connectivity index (χ0n) is 30.3. The Hall–Kier alpha value is -5.62. The van der Waals surface area contributed by atoms with Crippen LogP contribution in [0.3, 0.4) is 0 Å². The number of nitrogens with zero attached hydrogens (tertiary/aromatic N) is 8. The van der Waals surface area contributed by atoms with Crippen LogP contribution >= 0.6 is 0 Å². The summed E-state index contributed by atoms with van der Waals surface area (Å²) >= 11 is 0. The summed E-state index contributed by atoms with van der Waals surface area (Å²) < 4.78 is 18.0. The molecule has 54 heavy (non-hydrogen) atoms. The molecule has 7 heterocycles. The van der Waals surface area contributed by atoms with Gasteiger partial charge in [-0.15, -0.1) is 5.10 Å². The third-order valence-corrected chi connectivity index (χ3v) is 11.3. The van der Waals surface area contributed by atoms with E-state index in [0.29, 0.717) is 12.8 Å². The van der Waals surface area contributed by atoms with Crippen molar-refractivity contribution in [3.8, 4) is 11.4 Å². The number of fused-ring (bicyclic) bond motifs is 2. The van der Waals surface area contributed by atoms with Gasteiger partial charge in [-0.25, -0.2) is 18.9 Å². The van der Waals surface area contributed by atoms with E-state index >= 15 is 0 Å². The number of halogens is 1. The number of carbonyl (C=O) groups is 2. The summed E-state index contributed by atoms with van der Waals surface area (Å²) in [7, 11) is 0. The molecular formula is C42H44FN9O2. The van der Waals surface area contributed by atoms with Gasteiger partial charge in [0.1, 0.15) is 29.2 Å². The lowest BCUT2D eigenvalue weighted by atomic mass is 10.0. The molecule has 0 aliphatic carbocycles. The maximum absolute atomic E-state index is 14.1. The van der Waals surface area contributed by atoms with Gasteiger partial charge in [0.25, 0.3) is 0 Å². The number of hydrogen-bond donors (Lipinski definition) is 1. The molecule has 11 nitrogen and oxygen atoms in total. The quantitative estimate of drug-likeness (QED) is 0.129. The van der Waals surface area contributed by atoms with Gasteiger partial charge in [-0.1, -0.05) is 24.3 Å². The SMILES string of the molecule is O=C1CCC(n2ccc3cc(CCCCN4CCN(c5cccc(-c6cnc7ccc(N8CCC[C@@H]8c8cccc(F)c8)nn67)n5)CC4)ccc32)C(=O)N1. The largest absolute Gasteiger partial charge is 0.354 e. The van der Waals surface area contributed by atoms with Crippen molar-refractivity contribution in [3.05, 3.63) is 108 Å². The molecule has 0 saturated carbocycles. The maximum atomic E-state index is 14.1. The number of aryl methyl sites for hydroxylation is 1. The van der Waals surface area contributed by atoms with E-state index in [1.165, 1.54) is 11.6 Å². The Morgan fingerprint density at radius 3 is 2.59 bits per heavy atom. The molecule has 9 rings (SSSR count). The van der Waals surface area contributed by atoms with Crippen LogP contribution in [-0.4, -0.2) is 80.1 Å². The van der Waals surface area contributed by atoms with Crippen LogP contribution in [0.5, 0.6) is 0 Å². The maximum Gasteiger partial charge on any atom is 0.249 e. The minimum Gasteiger partial charge on any atom is -0.354 e. The number of anilines is 2. The van der Waals surface area contributed by atoms with E-state index in [0.717, 1.165) is 117 Å². The first-order chi connectivity index (χ1) is 26.5. The Kier molecular flexibility index (Phi) is 9.28. The molecule has 2 aromatic carbocycles. The summed E-state index contributed by atoms with van der Waals surface area (Å²) in [6.07, 6.45) is 9.97. The number of unbranched alkanes of at least 4 members (excludes halogenated alkanes) is 1. The minimum absolute atomic E-state index is 0.0850. The predicted octanol–water partition coefficient (Wildman–Crippen LogP) is 6.35. The van der Waals surface area contributed by atoms with Gasteiger partial charge in [0.15, 0.2) is 5.65 Å². The lowest BCUT2D eigenvalue weighted by molar-refractivity contribution is -0.135. The molecule has 276 valence electrons. The number of hydrogen-bond acceptors (Lipinski definition) is 8. The van der Waals surface area contributed by atoms with E-state index in [4.69, 9.17) is 10.1 Å². The highest BCUT2D eigenvalue weighted by molar-refractivity contribution is 6.00. The van der Waals surface area contributed by atoms with Crippen molar-refractivity contribution in [2.24, 2.45) is 0 Å². The van der Waals surface area contributed by atoms with Gasteiger partial charge in [-0.2, -0.15) is 0 Å². The first-order valence-corrected chi connectivity index (χ1v) is 19.2. The van der Waals surface area contributed by atoms with Gasteiger partial charge in [-0.3, -0.25) is 19.8 Å². The number of benzene rings is 2. The first kappa shape index (κ1) is 34.2. The predicted molar refractivity (Wildman–Crippen MR) is 207 cm³/mol. The van der Waals surface area contributed by atoms with Crippen molar-refractivity contribution in [2.45, 2.75) is 57.0 Å². The molecule has 6 aromatic rings. The van der Waals surface area contributed by atoms with E-state index in [9.17, 15) is 14.0 Å². The number of piperidine rings is 1. The molecule has 0 bridgehead atoms. The van der Waals surface area contributed by atoms with Gasteiger partial charge >= 0.3 is 0 Å². The van der Waals surface area contributed by atoms with Crippen LogP contribution in [0.1, 0.15) is 61.7 Å². The van der Waals surface area contributed by atoms with E-state index in [1.807, 2.05) is 45.7 Å². The summed E-state index contributed by atoms with van der Waals surface area (Å²) in [5, 5.41) is 8.64. The number of rotatable bonds is 10. The molecule has 3 saturated heterocycles. The molecule has 0 radical (unpaired) electrons. The molecule has 2 amide bonds. The second-order valence-corrected chi connectivity index (χ2v) is 14.8. The lowest BCUT2D eigenvalue weighted by Gasteiger charge is -2.35. The second kappa shape index (κ2) is 14.7. The smallest absolute Gasteiger partial charge is 0.249 e. The number of imidazole rings is 1. The number of pyridine rings is 1. The average molecular weight is 726 g/mol. The molecule has 12 heteroatoms. The fraction of sp³-hybridized carbons (Fsp3) is 0.357. The summed E-state index contributed by atoms with van der Waals surface area (Å²) in [4.78, 5) is 40.9. The fourth-order valence-electron chi connectivity index (χ4n) is 8.49. The molecule has 2 atom stereocenters. The van der Waals surface area contributed by atoms with E-state index in [2.05, 4.69) is 61.4 Å². The fourth-order valence-corrected chi connectivity index (χ4v) is 8.49. The van der Waals surface area contributed by atoms with E-state index in [1.54, 1.807) is 12.1 Å². The van der Waals surface area contributed by atoms with Crippen molar-refractivity contribution in [1.29, 1.82) is 0 Å². The summed E-state index contributed by atoms with van der Waals surface area (Å²) in [5.41, 5.74) is 5.76. The Morgan fingerprint density at radius 2 is 1.72 bits per heavy atom. The third kappa shape index (κ3) is 6.82. The molecular weight excluding hydrogens is 682 g/mol. The highest BCUT2D eigenvalue weighted by Crippen LogP contribution is 2.36. The van der Waals surface area contributed by atoms with Crippen LogP contribution < -0.4 is 15.1 Å². The highest BCUT2D eigenvalue weighted by Gasteiger charge is 2.30. The van der Waals surface area contributed by atoms with E-state index in [-0.39, 0.29) is 29.7 Å². The summed E-state index contributed by atoms with van der Waals surface area (Å²) in [6.45, 7) is 5.77. The monoisotopic (exact) mass is 725 g/mol. The Bertz CT molecular complexity index is 2330. The van der Waals surface area contributed by atoms with Gasteiger partial charge in [0.2, 0.25) is 11.8 Å². The Morgan fingerprint density at radius 1 is 0.833 bits per heavy atom. The lowest BCUT2D eigenvalue weighted by Crippen LogP contribution is -2.46. The molecule has 4 aromatic heterocycles. The molecule has 3 aliphatic rings. The number of amides is 2. The molecule has 1 N–H and O–H groups in total. The van der Waals surface area contributed by atoms with Crippen LogP contribution in [0.2, 0.25) is 0 Å². The van der Waals surface area contributed by atoms with Crippen molar-refractivity contribution < 1.29 is 14.0 Å². The van der Waals surface area contributed by atoms with Crippen molar-refractivity contribution in [3.63, 3.8) is 0 Å². The average Bonchev–Trinajstić information content (AvgIpc) is 3.96. The Labute approximate surface area is 313 Å². The molecule has 1 unspecified atom stereocenters. The van der Waals surface area contributed by atoms with Crippen LogP contribution in [0.25, 0.3) is 27.9 Å². The number of nitrogens with one attached hydrogen (secondary N) is 1. The van der Waals surface area contributed by atoms with Crippen LogP contribution in [0.4, 0.5) is 16.0 Å². The normalized spacial score (nSPS) is 19.6. The van der Waals surface area contributed by atoms with Crippen molar-refractivity contribution in [1.82, 2.24) is 34.4 Å². The second-order valence-electron chi connectivity index (χ2n) is 14.8. The summed E-state index contributed by atoms with van der Waals surface area (Å²) in [6, 6.07) is 25.4. The molecule has 3 fully saturated rings. The Balaban J connectivity index is 0.793. The topological polar surface area (TPSA) is 104 Å². The van der Waals surface area contributed by atoms with Crippen LogP contribution in [-0.2, 0) is 16.0 Å². The number of imide groups is 1. The zero-order valence-corrected chi connectivity index (χ0v) is 30.3.